The summed E-state index contributed by atoms with van der Waals surface area (Å²) in [6, 6.07) is 8.69. The lowest BCUT2D eigenvalue weighted by Gasteiger charge is -2.14. The van der Waals surface area contributed by atoms with E-state index in [0.29, 0.717) is 6.04 Å². The van der Waals surface area contributed by atoms with Crippen LogP contribution in [-0.4, -0.2) is 22.9 Å². The molecule has 0 amide bonds. The highest BCUT2D eigenvalue weighted by Crippen LogP contribution is 2.17. The summed E-state index contributed by atoms with van der Waals surface area (Å²) in [6.07, 6.45) is 6.02. The first kappa shape index (κ1) is 15.6. The van der Waals surface area contributed by atoms with Crippen molar-refractivity contribution in [3.05, 3.63) is 47.8 Å². The largest absolute Gasteiger partial charge is 0.494 e. The Bertz CT molecular complexity index is 533. The third kappa shape index (κ3) is 4.90. The van der Waals surface area contributed by atoms with E-state index in [2.05, 4.69) is 42.6 Å². The number of hydrogen-bond acceptors (Lipinski definition) is 3. The molecule has 4 nitrogen and oxygen atoms in total. The maximum atomic E-state index is 5.60. The van der Waals surface area contributed by atoms with Gasteiger partial charge >= 0.3 is 0 Å². The predicted molar refractivity (Wildman–Crippen MR) is 85.6 cm³/mol. The Hall–Kier alpha value is -1.81. The van der Waals surface area contributed by atoms with Gasteiger partial charge in [0.2, 0.25) is 0 Å². The molecule has 1 atom stereocenters. The molecule has 114 valence electrons. The van der Waals surface area contributed by atoms with Gasteiger partial charge in [0.25, 0.3) is 0 Å². The lowest BCUT2D eigenvalue weighted by Crippen LogP contribution is -2.21. The second-order valence-corrected chi connectivity index (χ2v) is 5.37. The lowest BCUT2D eigenvalue weighted by molar-refractivity contribution is 0.317. The Morgan fingerprint density at radius 1 is 1.29 bits per heavy atom. The number of rotatable bonds is 8. The van der Waals surface area contributed by atoms with Crippen LogP contribution in [0.15, 0.2) is 36.7 Å². The first-order chi connectivity index (χ1) is 10.2. The van der Waals surface area contributed by atoms with E-state index in [0.717, 1.165) is 31.7 Å². The van der Waals surface area contributed by atoms with Gasteiger partial charge in [0.1, 0.15) is 5.75 Å². The number of aromatic nitrogens is 2. The molecule has 1 unspecified atom stereocenters. The van der Waals surface area contributed by atoms with Gasteiger partial charge in [0.05, 0.1) is 12.8 Å². The van der Waals surface area contributed by atoms with Crippen LogP contribution in [0.4, 0.5) is 0 Å². The van der Waals surface area contributed by atoms with Crippen LogP contribution in [0.1, 0.15) is 37.4 Å². The van der Waals surface area contributed by atoms with Gasteiger partial charge < -0.3 is 10.1 Å². The normalized spacial score (nSPS) is 12.3. The Morgan fingerprint density at radius 3 is 2.67 bits per heavy atom. The highest BCUT2D eigenvalue weighted by atomic mass is 16.5. The summed E-state index contributed by atoms with van der Waals surface area (Å²) in [5.41, 5.74) is 2.55. The van der Waals surface area contributed by atoms with Crippen molar-refractivity contribution in [1.82, 2.24) is 15.1 Å². The van der Waals surface area contributed by atoms with Gasteiger partial charge in [0, 0.05) is 19.3 Å². The molecule has 0 fully saturated rings. The number of nitrogens with one attached hydrogen (secondary N) is 1. The van der Waals surface area contributed by atoms with E-state index >= 15 is 0 Å². The van der Waals surface area contributed by atoms with E-state index in [-0.39, 0.29) is 0 Å². The quantitative estimate of drug-likeness (QED) is 0.811. The maximum absolute atomic E-state index is 5.60. The minimum absolute atomic E-state index is 0.335. The molecule has 4 heteroatoms. The Kier molecular flexibility index (Phi) is 5.81. The van der Waals surface area contributed by atoms with Gasteiger partial charge in [-0.15, -0.1) is 0 Å². The zero-order valence-corrected chi connectivity index (χ0v) is 13.2. The fraction of sp³-hybridized carbons (Fsp3) is 0.471. The molecular weight excluding hydrogens is 262 g/mol. The number of ether oxygens (including phenoxy) is 1. The first-order valence-corrected chi connectivity index (χ1v) is 7.62. The predicted octanol–water partition coefficient (Wildman–Crippen LogP) is 3.10. The van der Waals surface area contributed by atoms with Crippen molar-refractivity contribution in [1.29, 1.82) is 0 Å². The summed E-state index contributed by atoms with van der Waals surface area (Å²) in [6.45, 7) is 6.02. The Morgan fingerprint density at radius 2 is 2.05 bits per heavy atom. The molecule has 0 spiro atoms. The van der Waals surface area contributed by atoms with Gasteiger partial charge in [-0.25, -0.2) is 0 Å². The molecule has 0 bridgehead atoms. The molecule has 0 saturated carbocycles. The summed E-state index contributed by atoms with van der Waals surface area (Å²) in [5.74, 6) is 0.947. The van der Waals surface area contributed by atoms with Crippen molar-refractivity contribution in [2.75, 3.05) is 13.2 Å². The molecule has 1 aromatic carbocycles. The monoisotopic (exact) mass is 287 g/mol. The number of nitrogens with zero attached hydrogens (tertiary/aromatic N) is 2. The highest BCUT2D eigenvalue weighted by molar-refractivity contribution is 5.28. The summed E-state index contributed by atoms with van der Waals surface area (Å²) < 4.78 is 7.44. The van der Waals surface area contributed by atoms with Gasteiger partial charge in [-0.2, -0.15) is 5.10 Å². The smallest absolute Gasteiger partial charge is 0.119 e. The van der Waals surface area contributed by atoms with E-state index in [1.54, 1.807) is 0 Å². The molecule has 1 aromatic heterocycles. The molecule has 0 aliphatic rings. The zero-order chi connectivity index (χ0) is 15.1. The van der Waals surface area contributed by atoms with E-state index in [9.17, 15) is 0 Å². The average Bonchev–Trinajstić information content (AvgIpc) is 2.91. The van der Waals surface area contributed by atoms with Crippen molar-refractivity contribution < 1.29 is 4.74 Å². The number of hydrogen-bond donors (Lipinski definition) is 1. The first-order valence-electron chi connectivity index (χ1n) is 7.62. The molecular formula is C17H25N3O. The van der Waals surface area contributed by atoms with E-state index in [1.165, 1.54) is 11.1 Å². The third-order valence-electron chi connectivity index (χ3n) is 3.48. The molecule has 1 N–H and O–H groups in total. The van der Waals surface area contributed by atoms with Crippen LogP contribution in [0.3, 0.4) is 0 Å². The van der Waals surface area contributed by atoms with Crippen LogP contribution in [0.2, 0.25) is 0 Å². The van der Waals surface area contributed by atoms with Crippen LogP contribution in [0, 0.1) is 0 Å². The van der Waals surface area contributed by atoms with Gasteiger partial charge in [0.15, 0.2) is 0 Å². The molecule has 0 radical (unpaired) electrons. The SMILES string of the molecule is CCCOc1ccc(C(C)NCCc2cnn(C)c2)cc1. The molecule has 2 aromatic rings. The third-order valence-corrected chi connectivity index (χ3v) is 3.48. The molecule has 0 aliphatic carbocycles. The maximum Gasteiger partial charge on any atom is 0.119 e. The van der Waals surface area contributed by atoms with Crippen molar-refractivity contribution in [2.45, 2.75) is 32.7 Å². The van der Waals surface area contributed by atoms with E-state index < -0.39 is 0 Å². The van der Waals surface area contributed by atoms with Crippen molar-refractivity contribution in [3.8, 4) is 5.75 Å². The Balaban J connectivity index is 1.78. The fourth-order valence-electron chi connectivity index (χ4n) is 2.22. The van der Waals surface area contributed by atoms with Crippen molar-refractivity contribution >= 4 is 0 Å². The average molecular weight is 287 g/mol. The molecule has 2 rings (SSSR count). The summed E-state index contributed by atoms with van der Waals surface area (Å²) in [5, 5.41) is 7.72. The second kappa shape index (κ2) is 7.84. The van der Waals surface area contributed by atoms with Gasteiger partial charge in [-0.05, 0) is 49.6 Å². The summed E-state index contributed by atoms with van der Waals surface area (Å²) >= 11 is 0. The van der Waals surface area contributed by atoms with E-state index in [4.69, 9.17) is 4.74 Å². The van der Waals surface area contributed by atoms with Gasteiger partial charge in [-0.1, -0.05) is 19.1 Å². The zero-order valence-electron chi connectivity index (χ0n) is 13.2. The standard InChI is InChI=1S/C17H25N3O/c1-4-11-21-17-7-5-16(6-8-17)14(2)18-10-9-15-12-19-20(3)13-15/h5-8,12-14,18H,4,9-11H2,1-3H3. The number of aryl methyl sites for hydroxylation is 1. The lowest BCUT2D eigenvalue weighted by atomic mass is 10.1. The fourth-order valence-corrected chi connectivity index (χ4v) is 2.22. The highest BCUT2D eigenvalue weighted by Gasteiger charge is 2.05. The summed E-state index contributed by atoms with van der Waals surface area (Å²) in [7, 11) is 1.95. The van der Waals surface area contributed by atoms with Crippen molar-refractivity contribution in [2.24, 2.45) is 7.05 Å². The molecule has 21 heavy (non-hydrogen) atoms. The second-order valence-electron chi connectivity index (χ2n) is 5.37. The number of benzene rings is 1. The van der Waals surface area contributed by atoms with Crippen LogP contribution >= 0.6 is 0 Å². The molecule has 0 aliphatic heterocycles. The molecule has 0 saturated heterocycles. The van der Waals surface area contributed by atoms with Crippen LogP contribution in [0.25, 0.3) is 0 Å². The van der Waals surface area contributed by atoms with E-state index in [1.807, 2.05) is 30.1 Å². The summed E-state index contributed by atoms with van der Waals surface area (Å²) in [4.78, 5) is 0. The van der Waals surface area contributed by atoms with Crippen LogP contribution in [0.5, 0.6) is 5.75 Å². The van der Waals surface area contributed by atoms with Crippen LogP contribution < -0.4 is 10.1 Å². The minimum Gasteiger partial charge on any atom is -0.494 e. The topological polar surface area (TPSA) is 39.1 Å². The van der Waals surface area contributed by atoms with Gasteiger partial charge in [-0.3, -0.25) is 4.68 Å². The van der Waals surface area contributed by atoms with Crippen LogP contribution in [-0.2, 0) is 13.5 Å². The minimum atomic E-state index is 0.335. The molecule has 1 heterocycles. The van der Waals surface area contributed by atoms with Crippen molar-refractivity contribution in [3.63, 3.8) is 0 Å². The Labute approximate surface area is 127 Å².